The van der Waals surface area contributed by atoms with Gasteiger partial charge in [0.15, 0.2) is 5.01 Å². The van der Waals surface area contributed by atoms with Crippen molar-refractivity contribution in [3.8, 4) is 10.6 Å². The predicted molar refractivity (Wildman–Crippen MR) is 107 cm³/mol. The van der Waals surface area contributed by atoms with Gasteiger partial charge in [-0.25, -0.2) is 9.78 Å². The number of amides is 1. The highest BCUT2D eigenvalue weighted by Gasteiger charge is 2.50. The Bertz CT molecular complexity index is 846. The van der Waals surface area contributed by atoms with Crippen LogP contribution >= 0.6 is 11.3 Å². The number of hydrogen-bond donors (Lipinski definition) is 1. The van der Waals surface area contributed by atoms with E-state index >= 15 is 0 Å². The van der Waals surface area contributed by atoms with Crippen LogP contribution in [0.25, 0.3) is 10.6 Å². The molecular weight excluding hydrogens is 376 g/mol. The van der Waals surface area contributed by atoms with E-state index in [0.29, 0.717) is 6.04 Å². The van der Waals surface area contributed by atoms with Crippen molar-refractivity contribution in [2.45, 2.75) is 25.3 Å². The van der Waals surface area contributed by atoms with Crippen molar-refractivity contribution in [3.05, 3.63) is 23.8 Å². The lowest BCUT2D eigenvalue weighted by molar-refractivity contribution is 0.00903. The molecule has 1 amide bonds. The van der Waals surface area contributed by atoms with Gasteiger partial charge in [0.2, 0.25) is 0 Å². The highest BCUT2D eigenvalue weighted by Crippen LogP contribution is 2.47. The van der Waals surface area contributed by atoms with E-state index in [2.05, 4.69) is 31.0 Å². The molecule has 2 aliphatic heterocycles. The van der Waals surface area contributed by atoms with Crippen LogP contribution in [0.5, 0.6) is 0 Å². The Morgan fingerprint density at radius 1 is 1.25 bits per heavy atom. The zero-order chi connectivity index (χ0) is 19.1. The smallest absolute Gasteiger partial charge is 0.407 e. The highest BCUT2D eigenvalue weighted by molar-refractivity contribution is 7.12. The summed E-state index contributed by atoms with van der Waals surface area (Å²) in [7, 11) is 0. The van der Waals surface area contributed by atoms with Gasteiger partial charge in [0.1, 0.15) is 11.3 Å². The molecule has 0 unspecified atom stereocenters. The topological polar surface area (TPSA) is 85.7 Å². The second-order valence-electron chi connectivity index (χ2n) is 8.18. The predicted octanol–water partition coefficient (Wildman–Crippen LogP) is 2.25. The molecule has 9 heteroatoms. The van der Waals surface area contributed by atoms with Gasteiger partial charge in [-0.2, -0.15) is 0 Å². The molecule has 0 radical (unpaired) electrons. The van der Waals surface area contributed by atoms with Crippen LogP contribution in [0.1, 0.15) is 19.3 Å². The zero-order valence-electron chi connectivity index (χ0n) is 15.7. The SMILES string of the molecule is O=C(O)N1CC2(CC[C@@H](N3CCN(c4ncccc4-c4nncs4)CC3)C2)C1. The molecule has 3 aliphatic rings. The summed E-state index contributed by atoms with van der Waals surface area (Å²) in [5.74, 6) is 0.998. The molecule has 1 spiro atoms. The quantitative estimate of drug-likeness (QED) is 0.846. The number of anilines is 1. The molecule has 1 atom stereocenters. The van der Waals surface area contributed by atoms with Gasteiger partial charge in [0, 0.05) is 56.9 Å². The lowest BCUT2D eigenvalue weighted by Gasteiger charge is -2.47. The van der Waals surface area contributed by atoms with Crippen LogP contribution in [0.2, 0.25) is 0 Å². The normalized spacial score (nSPS) is 24.5. The van der Waals surface area contributed by atoms with Crippen molar-refractivity contribution in [1.29, 1.82) is 0 Å². The van der Waals surface area contributed by atoms with Gasteiger partial charge in [-0.1, -0.05) is 11.3 Å². The van der Waals surface area contributed by atoms with Crippen molar-refractivity contribution < 1.29 is 9.90 Å². The number of carboxylic acid groups (broad SMARTS) is 1. The third-order valence-electron chi connectivity index (χ3n) is 6.51. The third-order valence-corrected chi connectivity index (χ3v) is 7.23. The standard InChI is InChI=1S/C19H24N6O2S/c26-18(27)25-11-19(12-25)4-3-14(10-19)23-6-8-24(9-7-23)16-15(2-1-5-20-16)17-22-21-13-28-17/h1-2,5,13-14H,3-4,6-12H2,(H,26,27)/t14-/m1/s1. The summed E-state index contributed by atoms with van der Waals surface area (Å²) in [6.07, 6.45) is 4.55. The van der Waals surface area contributed by atoms with E-state index in [4.69, 9.17) is 5.11 Å². The fourth-order valence-electron chi connectivity index (χ4n) is 5.08. The second-order valence-corrected chi connectivity index (χ2v) is 9.01. The van der Waals surface area contributed by atoms with Gasteiger partial charge < -0.3 is 14.9 Å². The molecule has 0 bridgehead atoms. The third kappa shape index (κ3) is 3.12. The van der Waals surface area contributed by atoms with Gasteiger partial charge >= 0.3 is 6.09 Å². The van der Waals surface area contributed by atoms with Gasteiger partial charge in [-0.3, -0.25) is 4.90 Å². The molecule has 5 rings (SSSR count). The summed E-state index contributed by atoms with van der Waals surface area (Å²) in [6.45, 7) is 5.39. The number of nitrogens with zero attached hydrogens (tertiary/aromatic N) is 6. The molecule has 1 N–H and O–H groups in total. The van der Waals surface area contributed by atoms with Gasteiger partial charge in [0.05, 0.1) is 5.56 Å². The van der Waals surface area contributed by atoms with E-state index < -0.39 is 6.09 Å². The molecule has 0 aromatic carbocycles. The van der Waals surface area contributed by atoms with E-state index in [0.717, 1.165) is 68.5 Å². The lowest BCUT2D eigenvalue weighted by atomic mass is 9.78. The molecule has 2 aromatic heterocycles. The van der Waals surface area contributed by atoms with Crippen LogP contribution < -0.4 is 4.90 Å². The Hall–Kier alpha value is -2.26. The molecule has 8 nitrogen and oxygen atoms in total. The Labute approximate surface area is 167 Å². The first kappa shape index (κ1) is 17.8. The maximum absolute atomic E-state index is 11.1. The van der Waals surface area contributed by atoms with Crippen molar-refractivity contribution in [2.24, 2.45) is 5.41 Å². The molecule has 2 aromatic rings. The molecule has 3 fully saturated rings. The van der Waals surface area contributed by atoms with Gasteiger partial charge in [-0.05, 0) is 31.4 Å². The molecular formula is C19H24N6O2S. The van der Waals surface area contributed by atoms with Crippen LogP contribution in [0.4, 0.5) is 10.6 Å². The highest BCUT2D eigenvalue weighted by atomic mass is 32.1. The molecule has 4 heterocycles. The molecule has 1 saturated carbocycles. The Morgan fingerprint density at radius 3 is 2.79 bits per heavy atom. The molecule has 148 valence electrons. The zero-order valence-corrected chi connectivity index (χ0v) is 16.5. The maximum atomic E-state index is 11.1. The minimum Gasteiger partial charge on any atom is -0.465 e. The van der Waals surface area contributed by atoms with Crippen LogP contribution in [-0.4, -0.2) is 81.5 Å². The fraction of sp³-hybridized carbons (Fsp3) is 0.579. The second kappa shape index (κ2) is 6.97. The summed E-state index contributed by atoms with van der Waals surface area (Å²) in [6, 6.07) is 4.61. The molecule has 28 heavy (non-hydrogen) atoms. The number of likely N-dealkylation sites (tertiary alicyclic amines) is 1. The summed E-state index contributed by atoms with van der Waals surface area (Å²) >= 11 is 1.54. The maximum Gasteiger partial charge on any atom is 0.407 e. The van der Waals surface area contributed by atoms with Crippen molar-refractivity contribution in [3.63, 3.8) is 0 Å². The first-order chi connectivity index (χ1) is 13.6. The number of carbonyl (C=O) groups is 1. The van der Waals surface area contributed by atoms with Crippen LogP contribution in [0, 0.1) is 5.41 Å². The monoisotopic (exact) mass is 400 g/mol. The van der Waals surface area contributed by atoms with E-state index in [9.17, 15) is 4.79 Å². The van der Waals surface area contributed by atoms with Crippen LogP contribution in [0.3, 0.4) is 0 Å². The van der Waals surface area contributed by atoms with Crippen molar-refractivity contribution in [1.82, 2.24) is 25.0 Å². The molecule has 1 aliphatic carbocycles. The lowest BCUT2D eigenvalue weighted by Crippen LogP contribution is -2.58. The Balaban J connectivity index is 1.21. The fourth-order valence-corrected chi connectivity index (χ4v) is 5.65. The van der Waals surface area contributed by atoms with Crippen molar-refractivity contribution in [2.75, 3.05) is 44.2 Å². The van der Waals surface area contributed by atoms with Crippen LogP contribution in [-0.2, 0) is 0 Å². The minimum absolute atomic E-state index is 0.242. The minimum atomic E-state index is -0.774. The number of hydrogen-bond acceptors (Lipinski definition) is 7. The number of piperazine rings is 1. The van der Waals surface area contributed by atoms with Crippen LogP contribution in [0.15, 0.2) is 23.8 Å². The average Bonchev–Trinajstić information content (AvgIpc) is 3.37. The van der Waals surface area contributed by atoms with E-state index in [1.807, 2.05) is 12.3 Å². The summed E-state index contributed by atoms with van der Waals surface area (Å²) in [5.41, 5.74) is 3.06. The molecule has 2 saturated heterocycles. The van der Waals surface area contributed by atoms with E-state index in [1.54, 1.807) is 21.7 Å². The number of rotatable bonds is 3. The average molecular weight is 401 g/mol. The summed E-state index contributed by atoms with van der Waals surface area (Å²) in [4.78, 5) is 22.2. The Kier molecular flexibility index (Phi) is 4.43. The van der Waals surface area contributed by atoms with Gasteiger partial charge in [0.25, 0.3) is 0 Å². The number of pyridine rings is 1. The van der Waals surface area contributed by atoms with E-state index in [-0.39, 0.29) is 5.41 Å². The largest absolute Gasteiger partial charge is 0.465 e. The first-order valence-electron chi connectivity index (χ1n) is 9.82. The number of aromatic nitrogens is 3. The van der Waals surface area contributed by atoms with E-state index in [1.165, 1.54) is 6.42 Å². The summed E-state index contributed by atoms with van der Waals surface area (Å²) < 4.78 is 0. The Morgan fingerprint density at radius 2 is 2.07 bits per heavy atom. The first-order valence-corrected chi connectivity index (χ1v) is 10.7. The summed E-state index contributed by atoms with van der Waals surface area (Å²) in [5, 5.41) is 18.2. The van der Waals surface area contributed by atoms with Gasteiger partial charge in [-0.15, -0.1) is 10.2 Å². The van der Waals surface area contributed by atoms with Crippen molar-refractivity contribution >= 4 is 23.2 Å².